The van der Waals surface area contributed by atoms with E-state index in [1.165, 1.54) is 12.4 Å². The third-order valence-electron chi connectivity index (χ3n) is 3.38. The van der Waals surface area contributed by atoms with E-state index in [1.54, 1.807) is 6.07 Å². The number of amides is 1. The highest BCUT2D eigenvalue weighted by Gasteiger charge is 2.25. The average Bonchev–Trinajstić information content (AvgIpc) is 2.45. The molecular weight excluding hydrogens is 264 g/mol. The molecule has 1 unspecified atom stereocenters. The molecule has 0 aromatic carbocycles. The minimum Gasteiger partial charge on any atom is -0.465 e. The molecule has 0 aliphatic carbocycles. The lowest BCUT2D eigenvalue weighted by molar-refractivity contribution is -0.384. The quantitative estimate of drug-likeness (QED) is 0.638. The Morgan fingerprint density at radius 1 is 1.65 bits per heavy atom. The van der Waals surface area contributed by atoms with Crippen LogP contribution in [0.2, 0.25) is 0 Å². The van der Waals surface area contributed by atoms with E-state index in [2.05, 4.69) is 10.3 Å². The van der Waals surface area contributed by atoms with Gasteiger partial charge in [-0.15, -0.1) is 0 Å². The molecule has 2 rings (SSSR count). The number of carboxylic acid groups (broad SMARTS) is 1. The fraction of sp³-hybridized carbons (Fsp3) is 0.500. The SMILES string of the molecule is O=C(O)NCC1CCCN(c2ccncc2[N+](=O)[O-])C1. The van der Waals surface area contributed by atoms with Crippen LogP contribution in [0.15, 0.2) is 18.5 Å². The smallest absolute Gasteiger partial charge is 0.404 e. The number of nitro groups is 1. The molecule has 2 N–H and O–H groups in total. The molecule has 0 bridgehead atoms. The Labute approximate surface area is 115 Å². The van der Waals surface area contributed by atoms with Crippen LogP contribution in [-0.2, 0) is 0 Å². The van der Waals surface area contributed by atoms with Gasteiger partial charge in [-0.1, -0.05) is 0 Å². The maximum Gasteiger partial charge on any atom is 0.404 e. The molecule has 0 saturated carbocycles. The summed E-state index contributed by atoms with van der Waals surface area (Å²) in [4.78, 5) is 26.8. The van der Waals surface area contributed by atoms with Gasteiger partial charge in [0.15, 0.2) is 0 Å². The van der Waals surface area contributed by atoms with Crippen LogP contribution in [-0.4, -0.2) is 40.7 Å². The zero-order chi connectivity index (χ0) is 14.5. The molecule has 20 heavy (non-hydrogen) atoms. The molecule has 1 fully saturated rings. The van der Waals surface area contributed by atoms with Crippen molar-refractivity contribution in [1.29, 1.82) is 0 Å². The second-order valence-electron chi connectivity index (χ2n) is 4.76. The molecule has 108 valence electrons. The summed E-state index contributed by atoms with van der Waals surface area (Å²) in [5.74, 6) is 0.160. The minimum atomic E-state index is -1.04. The maximum atomic E-state index is 11.0. The number of hydrogen-bond donors (Lipinski definition) is 2. The monoisotopic (exact) mass is 280 g/mol. The van der Waals surface area contributed by atoms with Crippen molar-refractivity contribution in [3.8, 4) is 0 Å². The van der Waals surface area contributed by atoms with E-state index in [-0.39, 0.29) is 11.6 Å². The van der Waals surface area contributed by atoms with Crippen LogP contribution < -0.4 is 10.2 Å². The van der Waals surface area contributed by atoms with E-state index in [4.69, 9.17) is 5.11 Å². The summed E-state index contributed by atoms with van der Waals surface area (Å²) in [6.45, 7) is 1.70. The number of aromatic nitrogens is 1. The minimum absolute atomic E-state index is 0.0145. The molecule has 8 nitrogen and oxygen atoms in total. The van der Waals surface area contributed by atoms with Crippen LogP contribution in [0.5, 0.6) is 0 Å². The van der Waals surface area contributed by atoms with E-state index < -0.39 is 11.0 Å². The van der Waals surface area contributed by atoms with Gasteiger partial charge in [-0.2, -0.15) is 0 Å². The van der Waals surface area contributed by atoms with Gasteiger partial charge in [0.25, 0.3) is 0 Å². The molecule has 8 heteroatoms. The summed E-state index contributed by atoms with van der Waals surface area (Å²) in [5, 5.41) is 22.0. The second-order valence-corrected chi connectivity index (χ2v) is 4.76. The first kappa shape index (κ1) is 14.0. The standard InChI is InChI=1S/C12H16N4O4/c17-12(18)14-6-9-2-1-5-15(8-9)10-3-4-13-7-11(10)16(19)20/h3-4,7,9,14H,1-2,5-6,8H2,(H,17,18). The number of pyridine rings is 1. The van der Waals surface area contributed by atoms with Crippen molar-refractivity contribution >= 4 is 17.5 Å². The van der Waals surface area contributed by atoms with E-state index in [1.807, 2.05) is 4.90 Å². The number of rotatable bonds is 4. The third-order valence-corrected chi connectivity index (χ3v) is 3.38. The Kier molecular flexibility index (Phi) is 4.34. The highest BCUT2D eigenvalue weighted by molar-refractivity contribution is 5.64. The van der Waals surface area contributed by atoms with Gasteiger partial charge in [-0.25, -0.2) is 4.79 Å². The predicted octanol–water partition coefficient (Wildman–Crippen LogP) is 1.47. The van der Waals surface area contributed by atoms with Crippen LogP contribution in [0.3, 0.4) is 0 Å². The Bertz CT molecular complexity index is 508. The normalized spacial score (nSPS) is 18.6. The van der Waals surface area contributed by atoms with Crippen molar-refractivity contribution < 1.29 is 14.8 Å². The number of nitrogens with zero attached hydrogens (tertiary/aromatic N) is 3. The molecule has 1 amide bonds. The highest BCUT2D eigenvalue weighted by Crippen LogP contribution is 2.30. The summed E-state index contributed by atoms with van der Waals surface area (Å²) < 4.78 is 0. The Morgan fingerprint density at radius 2 is 2.45 bits per heavy atom. The molecule has 0 spiro atoms. The molecule has 0 radical (unpaired) electrons. The van der Waals surface area contributed by atoms with Crippen molar-refractivity contribution in [2.45, 2.75) is 12.8 Å². The first-order chi connectivity index (χ1) is 9.58. The van der Waals surface area contributed by atoms with E-state index in [9.17, 15) is 14.9 Å². The Morgan fingerprint density at radius 3 is 3.15 bits per heavy atom. The predicted molar refractivity (Wildman–Crippen MR) is 71.9 cm³/mol. The zero-order valence-corrected chi connectivity index (χ0v) is 10.9. The molecule has 1 aliphatic rings. The maximum absolute atomic E-state index is 11.0. The van der Waals surface area contributed by atoms with E-state index >= 15 is 0 Å². The van der Waals surface area contributed by atoms with Gasteiger partial charge in [0.05, 0.1) is 4.92 Å². The van der Waals surface area contributed by atoms with Gasteiger partial charge in [0, 0.05) is 25.8 Å². The fourth-order valence-corrected chi connectivity index (χ4v) is 2.47. The fourth-order valence-electron chi connectivity index (χ4n) is 2.47. The summed E-state index contributed by atoms with van der Waals surface area (Å²) >= 11 is 0. The summed E-state index contributed by atoms with van der Waals surface area (Å²) in [6, 6.07) is 1.63. The lowest BCUT2D eigenvalue weighted by Crippen LogP contribution is -2.40. The average molecular weight is 280 g/mol. The van der Waals surface area contributed by atoms with Crippen molar-refractivity contribution in [1.82, 2.24) is 10.3 Å². The Balaban J connectivity index is 2.09. The molecule has 1 aromatic rings. The van der Waals surface area contributed by atoms with Gasteiger partial charge in [-0.3, -0.25) is 15.1 Å². The summed E-state index contributed by atoms with van der Waals surface area (Å²) in [6.07, 6.45) is 3.52. The van der Waals surface area contributed by atoms with Gasteiger partial charge >= 0.3 is 11.8 Å². The molecule has 1 aliphatic heterocycles. The first-order valence-corrected chi connectivity index (χ1v) is 6.38. The van der Waals surface area contributed by atoms with Gasteiger partial charge < -0.3 is 15.3 Å². The number of piperidine rings is 1. The van der Waals surface area contributed by atoms with Crippen molar-refractivity contribution in [2.24, 2.45) is 5.92 Å². The number of carbonyl (C=O) groups is 1. The largest absolute Gasteiger partial charge is 0.465 e. The number of anilines is 1. The van der Waals surface area contributed by atoms with Gasteiger partial charge in [0.1, 0.15) is 11.9 Å². The molecule has 1 atom stereocenters. The lowest BCUT2D eigenvalue weighted by atomic mass is 9.97. The molecule has 1 aromatic heterocycles. The van der Waals surface area contributed by atoms with Crippen molar-refractivity contribution in [2.75, 3.05) is 24.5 Å². The number of hydrogen-bond acceptors (Lipinski definition) is 5. The summed E-state index contributed by atoms with van der Waals surface area (Å²) in [5.41, 5.74) is 0.532. The molecular formula is C12H16N4O4. The zero-order valence-electron chi connectivity index (χ0n) is 10.9. The van der Waals surface area contributed by atoms with Crippen LogP contribution in [0.25, 0.3) is 0 Å². The van der Waals surface area contributed by atoms with Gasteiger partial charge in [0.2, 0.25) is 0 Å². The molecule has 2 heterocycles. The lowest BCUT2D eigenvalue weighted by Gasteiger charge is -2.33. The van der Waals surface area contributed by atoms with Gasteiger partial charge in [-0.05, 0) is 24.8 Å². The Hall–Kier alpha value is -2.38. The third kappa shape index (κ3) is 3.34. The van der Waals surface area contributed by atoms with Crippen molar-refractivity contribution in [3.05, 3.63) is 28.6 Å². The van der Waals surface area contributed by atoms with Crippen molar-refractivity contribution in [3.63, 3.8) is 0 Å². The van der Waals surface area contributed by atoms with E-state index in [0.717, 1.165) is 19.4 Å². The molecule has 1 saturated heterocycles. The number of nitrogens with one attached hydrogen (secondary N) is 1. The van der Waals surface area contributed by atoms with E-state index in [0.29, 0.717) is 18.8 Å². The first-order valence-electron chi connectivity index (χ1n) is 6.38. The van der Waals surface area contributed by atoms with Crippen LogP contribution in [0.4, 0.5) is 16.2 Å². The summed E-state index contributed by atoms with van der Waals surface area (Å²) in [7, 11) is 0. The second kappa shape index (κ2) is 6.18. The van der Waals surface area contributed by atoms with Crippen LogP contribution in [0, 0.1) is 16.0 Å². The van der Waals surface area contributed by atoms with Crippen LogP contribution >= 0.6 is 0 Å². The van der Waals surface area contributed by atoms with Crippen LogP contribution in [0.1, 0.15) is 12.8 Å². The topological polar surface area (TPSA) is 109 Å². The highest BCUT2D eigenvalue weighted by atomic mass is 16.6.